The topological polar surface area (TPSA) is 129 Å². The molecule has 0 amide bonds. The van der Waals surface area contributed by atoms with Gasteiger partial charge < -0.3 is 39.7 Å². The molecule has 24 heavy (non-hydrogen) atoms. The van der Waals surface area contributed by atoms with Crippen LogP contribution in [0.1, 0.15) is 17.2 Å². The van der Waals surface area contributed by atoms with Crippen LogP contribution in [-0.2, 0) is 0 Å². The van der Waals surface area contributed by atoms with Gasteiger partial charge >= 0.3 is 0 Å². The predicted octanol–water partition coefficient (Wildman–Crippen LogP) is 1.88. The highest BCUT2D eigenvalue weighted by Crippen LogP contribution is 2.50. The number of hydrogen-bond donors (Lipinski definition) is 5. The van der Waals surface area contributed by atoms with Crippen LogP contribution in [-0.4, -0.2) is 32.3 Å². The number of ether oxygens (including phenoxy) is 3. The summed E-state index contributed by atoms with van der Waals surface area (Å²) in [7, 11) is 0. The molecule has 0 unspecified atom stereocenters. The molecule has 2 aromatic rings. The van der Waals surface area contributed by atoms with E-state index in [0.717, 1.165) is 6.07 Å². The molecule has 0 radical (unpaired) electrons. The standard InChI is InChI=1S/C16H12O8/c17-8-2-1-6(14(19)15(8)20)12-13(18)7-3-10-11(23-5-22-10)4-9(7)24-16(12)21/h1-4,13,17-21H,5H2/t13-/m1/s1. The minimum atomic E-state index is -1.36. The number of phenols is 3. The zero-order valence-corrected chi connectivity index (χ0v) is 12.1. The number of aliphatic hydroxyl groups excluding tert-OH is 2. The molecule has 4 rings (SSSR count). The first-order chi connectivity index (χ1) is 11.5. The Hall–Kier alpha value is -3.26. The minimum absolute atomic E-state index is 0.0349. The van der Waals surface area contributed by atoms with Crippen molar-refractivity contribution in [2.75, 3.05) is 6.79 Å². The van der Waals surface area contributed by atoms with E-state index in [0.29, 0.717) is 17.1 Å². The summed E-state index contributed by atoms with van der Waals surface area (Å²) in [4.78, 5) is 0. The van der Waals surface area contributed by atoms with Crippen molar-refractivity contribution in [1.29, 1.82) is 0 Å². The maximum atomic E-state index is 10.6. The van der Waals surface area contributed by atoms with Gasteiger partial charge in [0, 0.05) is 17.2 Å². The Morgan fingerprint density at radius 3 is 2.33 bits per heavy atom. The fourth-order valence-corrected chi connectivity index (χ4v) is 2.72. The quantitative estimate of drug-likeness (QED) is 0.501. The molecule has 1 atom stereocenters. The van der Waals surface area contributed by atoms with Gasteiger partial charge in [0.1, 0.15) is 11.9 Å². The smallest absolute Gasteiger partial charge is 0.289 e. The number of aromatic hydroxyl groups is 3. The van der Waals surface area contributed by atoms with E-state index in [-0.39, 0.29) is 23.7 Å². The maximum absolute atomic E-state index is 10.6. The second-order valence-corrected chi connectivity index (χ2v) is 5.30. The van der Waals surface area contributed by atoms with Crippen molar-refractivity contribution in [3.05, 3.63) is 41.3 Å². The number of hydrogen-bond acceptors (Lipinski definition) is 8. The summed E-state index contributed by atoms with van der Waals surface area (Å²) in [5.41, 5.74) is 0.0480. The number of benzene rings is 2. The maximum Gasteiger partial charge on any atom is 0.289 e. The van der Waals surface area contributed by atoms with Gasteiger partial charge in [0.2, 0.25) is 12.5 Å². The summed E-state index contributed by atoms with van der Waals surface area (Å²) >= 11 is 0. The van der Waals surface area contributed by atoms with Gasteiger partial charge in [0.25, 0.3) is 5.95 Å². The molecule has 2 aliphatic heterocycles. The lowest BCUT2D eigenvalue weighted by molar-refractivity contribution is 0.163. The van der Waals surface area contributed by atoms with E-state index in [1.807, 2.05) is 0 Å². The van der Waals surface area contributed by atoms with Gasteiger partial charge in [-0.3, -0.25) is 0 Å². The SMILES string of the molecule is OC1=C(c2ccc(O)c(O)c2O)[C@H](O)c2cc3c(cc2O1)OCO3. The van der Waals surface area contributed by atoms with Gasteiger partial charge in [-0.1, -0.05) is 0 Å². The van der Waals surface area contributed by atoms with E-state index in [1.165, 1.54) is 18.2 Å². The number of aliphatic hydroxyl groups is 2. The Morgan fingerprint density at radius 2 is 1.58 bits per heavy atom. The van der Waals surface area contributed by atoms with Crippen LogP contribution in [0.4, 0.5) is 0 Å². The van der Waals surface area contributed by atoms with Gasteiger partial charge in [-0.25, -0.2) is 0 Å². The lowest BCUT2D eigenvalue weighted by Crippen LogP contribution is -2.15. The Kier molecular flexibility index (Phi) is 2.91. The molecule has 8 heteroatoms. The molecule has 0 fully saturated rings. The van der Waals surface area contributed by atoms with Crippen LogP contribution in [0.2, 0.25) is 0 Å². The highest BCUT2D eigenvalue weighted by Gasteiger charge is 2.34. The summed E-state index contributed by atoms with van der Waals surface area (Å²) < 4.78 is 15.8. The van der Waals surface area contributed by atoms with Crippen molar-refractivity contribution in [3.8, 4) is 34.5 Å². The van der Waals surface area contributed by atoms with Crippen LogP contribution < -0.4 is 14.2 Å². The monoisotopic (exact) mass is 332 g/mol. The number of rotatable bonds is 1. The van der Waals surface area contributed by atoms with Gasteiger partial charge in [-0.05, 0) is 18.2 Å². The van der Waals surface area contributed by atoms with E-state index in [4.69, 9.17) is 14.2 Å². The molecule has 0 saturated carbocycles. The first kappa shape index (κ1) is 14.3. The van der Waals surface area contributed by atoms with E-state index in [1.54, 1.807) is 0 Å². The minimum Gasteiger partial charge on any atom is -0.504 e. The highest BCUT2D eigenvalue weighted by molar-refractivity contribution is 5.80. The van der Waals surface area contributed by atoms with Crippen LogP contribution >= 0.6 is 0 Å². The molecule has 0 bridgehead atoms. The molecule has 2 aliphatic rings. The Labute approximate surface area is 135 Å². The fourth-order valence-electron chi connectivity index (χ4n) is 2.72. The van der Waals surface area contributed by atoms with Gasteiger partial charge in [-0.2, -0.15) is 0 Å². The Balaban J connectivity index is 1.85. The second-order valence-electron chi connectivity index (χ2n) is 5.30. The molecule has 2 heterocycles. The van der Waals surface area contributed by atoms with Crippen LogP contribution in [0.5, 0.6) is 34.5 Å². The zero-order chi connectivity index (χ0) is 17.0. The first-order valence-corrected chi connectivity index (χ1v) is 6.94. The van der Waals surface area contributed by atoms with E-state index in [2.05, 4.69) is 0 Å². The highest BCUT2D eigenvalue weighted by atomic mass is 16.7. The Morgan fingerprint density at radius 1 is 0.875 bits per heavy atom. The van der Waals surface area contributed by atoms with Crippen molar-refractivity contribution in [1.82, 2.24) is 0 Å². The third-order valence-corrected chi connectivity index (χ3v) is 3.93. The molecule has 2 aromatic carbocycles. The van der Waals surface area contributed by atoms with E-state index < -0.39 is 29.3 Å². The molecule has 5 N–H and O–H groups in total. The van der Waals surface area contributed by atoms with Crippen molar-refractivity contribution in [2.24, 2.45) is 0 Å². The summed E-state index contributed by atoms with van der Waals surface area (Å²) in [5.74, 6) is -1.63. The fraction of sp³-hybridized carbons (Fsp3) is 0.125. The Bertz CT molecular complexity index is 886. The van der Waals surface area contributed by atoms with Crippen molar-refractivity contribution < 1.29 is 39.7 Å². The summed E-state index contributed by atoms with van der Waals surface area (Å²) in [5, 5.41) is 49.8. The van der Waals surface area contributed by atoms with Crippen LogP contribution in [0.3, 0.4) is 0 Å². The lowest BCUT2D eigenvalue weighted by atomic mass is 9.92. The molecule has 0 spiro atoms. The van der Waals surface area contributed by atoms with Gasteiger partial charge in [-0.15, -0.1) is 0 Å². The van der Waals surface area contributed by atoms with E-state index in [9.17, 15) is 25.5 Å². The van der Waals surface area contributed by atoms with Crippen molar-refractivity contribution >= 4 is 5.57 Å². The predicted molar refractivity (Wildman–Crippen MR) is 79.1 cm³/mol. The third-order valence-electron chi connectivity index (χ3n) is 3.93. The molecular formula is C16H12O8. The largest absolute Gasteiger partial charge is 0.504 e. The number of fused-ring (bicyclic) bond motifs is 2. The summed E-state index contributed by atoms with van der Waals surface area (Å²) in [6.07, 6.45) is -1.36. The zero-order valence-electron chi connectivity index (χ0n) is 12.1. The van der Waals surface area contributed by atoms with Crippen LogP contribution in [0.15, 0.2) is 30.2 Å². The van der Waals surface area contributed by atoms with E-state index >= 15 is 0 Å². The normalized spacial score (nSPS) is 18.3. The molecule has 124 valence electrons. The molecule has 0 aromatic heterocycles. The van der Waals surface area contributed by atoms with Gasteiger partial charge in [0.05, 0.1) is 5.57 Å². The lowest BCUT2D eigenvalue weighted by Gasteiger charge is -2.25. The molecular weight excluding hydrogens is 320 g/mol. The van der Waals surface area contributed by atoms with Crippen molar-refractivity contribution in [3.63, 3.8) is 0 Å². The molecule has 0 aliphatic carbocycles. The average Bonchev–Trinajstić information content (AvgIpc) is 3.00. The summed E-state index contributed by atoms with van der Waals surface area (Å²) in [6, 6.07) is 5.33. The third kappa shape index (κ3) is 1.90. The summed E-state index contributed by atoms with van der Waals surface area (Å²) in [6.45, 7) is 0.0349. The van der Waals surface area contributed by atoms with Crippen LogP contribution in [0, 0.1) is 0 Å². The average molecular weight is 332 g/mol. The first-order valence-electron chi connectivity index (χ1n) is 6.94. The van der Waals surface area contributed by atoms with Crippen molar-refractivity contribution in [2.45, 2.75) is 6.10 Å². The van der Waals surface area contributed by atoms with Gasteiger partial charge in [0.15, 0.2) is 23.0 Å². The second kappa shape index (κ2) is 4.87. The number of phenolic OH excluding ortho intramolecular Hbond substituents is 3. The molecule has 8 nitrogen and oxygen atoms in total. The molecule has 0 saturated heterocycles. The van der Waals surface area contributed by atoms with Crippen LogP contribution in [0.25, 0.3) is 5.57 Å².